The Morgan fingerprint density at radius 2 is 2.17 bits per heavy atom. The smallest absolute Gasteiger partial charge is 0.387 e. The number of ether oxygens (including phenoxy) is 1. The van der Waals surface area contributed by atoms with Crippen LogP contribution in [0.3, 0.4) is 0 Å². The Kier molecular flexibility index (Phi) is 3.09. The van der Waals surface area contributed by atoms with Gasteiger partial charge in [0.25, 0.3) is 0 Å². The molecule has 1 aromatic heterocycles. The van der Waals surface area contributed by atoms with Crippen LogP contribution in [-0.4, -0.2) is 17.0 Å². The van der Waals surface area contributed by atoms with Crippen molar-refractivity contribution in [3.63, 3.8) is 0 Å². The van der Waals surface area contributed by atoms with Crippen LogP contribution in [0, 0.1) is 10.1 Å². The number of nitrogen functional groups attached to an aromatic ring is 1. The second-order valence-corrected chi connectivity index (χ2v) is 3.58. The highest BCUT2D eigenvalue weighted by Crippen LogP contribution is 2.32. The molecule has 0 atom stereocenters. The van der Waals surface area contributed by atoms with Crippen molar-refractivity contribution in [1.29, 1.82) is 0 Å². The molecule has 0 saturated heterocycles. The van der Waals surface area contributed by atoms with E-state index in [1.165, 1.54) is 6.20 Å². The Balaban J connectivity index is 2.57. The van der Waals surface area contributed by atoms with Crippen molar-refractivity contribution in [2.75, 3.05) is 12.8 Å². The predicted molar refractivity (Wildman–Crippen MR) is 67.3 cm³/mol. The molecule has 6 heteroatoms. The van der Waals surface area contributed by atoms with Gasteiger partial charge in [0.2, 0.25) is 0 Å². The van der Waals surface area contributed by atoms with E-state index in [0.717, 1.165) is 5.56 Å². The third kappa shape index (κ3) is 2.08. The molecular weight excluding hydrogens is 234 g/mol. The number of nitrogens with two attached hydrogens (primary N) is 1. The average molecular weight is 245 g/mol. The highest BCUT2D eigenvalue weighted by Gasteiger charge is 2.17. The number of benzene rings is 1. The molecule has 2 N–H and O–H groups in total. The quantitative estimate of drug-likeness (QED) is 0.661. The first-order valence-electron chi connectivity index (χ1n) is 5.16. The summed E-state index contributed by atoms with van der Waals surface area (Å²) in [5, 5.41) is 10.8. The highest BCUT2D eigenvalue weighted by molar-refractivity contribution is 5.81. The number of methoxy groups -OCH3 is 1. The van der Waals surface area contributed by atoms with Crippen molar-refractivity contribution in [2.45, 2.75) is 0 Å². The Bertz CT molecular complexity index is 599. The second-order valence-electron chi connectivity index (χ2n) is 3.58. The molecular formula is C12H11N3O3. The molecule has 0 amide bonds. The van der Waals surface area contributed by atoms with Crippen molar-refractivity contribution in [3.05, 3.63) is 46.6 Å². The summed E-state index contributed by atoms with van der Waals surface area (Å²) in [6.07, 6.45) is 1.36. The molecule has 2 aromatic rings. The zero-order valence-electron chi connectivity index (χ0n) is 9.66. The largest absolute Gasteiger partial charge is 0.497 e. The predicted octanol–water partition coefficient (Wildman–Crippen LogP) is 2.25. The van der Waals surface area contributed by atoms with Gasteiger partial charge in [0, 0.05) is 5.56 Å². The van der Waals surface area contributed by atoms with E-state index in [9.17, 15) is 10.1 Å². The number of nitro groups is 1. The number of nitrogens with zero attached hydrogens (tertiary/aromatic N) is 2. The van der Waals surface area contributed by atoms with Crippen molar-refractivity contribution >= 4 is 11.5 Å². The normalized spacial score (nSPS) is 10.1. The van der Waals surface area contributed by atoms with Gasteiger partial charge in [-0.3, -0.25) is 0 Å². The Morgan fingerprint density at radius 1 is 1.39 bits per heavy atom. The number of hydrogen-bond acceptors (Lipinski definition) is 5. The van der Waals surface area contributed by atoms with Crippen molar-refractivity contribution in [1.82, 2.24) is 4.98 Å². The summed E-state index contributed by atoms with van der Waals surface area (Å²) in [4.78, 5) is 13.8. The highest BCUT2D eigenvalue weighted by atomic mass is 16.6. The third-order valence-corrected chi connectivity index (χ3v) is 2.52. The topological polar surface area (TPSA) is 91.3 Å². The molecule has 0 fully saturated rings. The average Bonchev–Trinajstić information content (AvgIpc) is 2.38. The molecule has 6 nitrogen and oxygen atoms in total. The minimum absolute atomic E-state index is 0.0516. The van der Waals surface area contributed by atoms with E-state index in [2.05, 4.69) is 4.98 Å². The fourth-order valence-corrected chi connectivity index (χ4v) is 1.65. The van der Waals surface area contributed by atoms with E-state index < -0.39 is 4.92 Å². The van der Waals surface area contributed by atoms with Gasteiger partial charge in [0.05, 0.1) is 7.11 Å². The molecule has 2 rings (SSSR count). The summed E-state index contributed by atoms with van der Waals surface area (Å²) in [7, 11) is 1.55. The Morgan fingerprint density at radius 3 is 2.83 bits per heavy atom. The van der Waals surface area contributed by atoms with E-state index in [1.54, 1.807) is 37.4 Å². The summed E-state index contributed by atoms with van der Waals surface area (Å²) in [5.41, 5.74) is 7.13. The summed E-state index contributed by atoms with van der Waals surface area (Å²) in [6.45, 7) is 0. The summed E-state index contributed by atoms with van der Waals surface area (Å²) in [5.74, 6) is 0.321. The number of hydrogen-bond donors (Lipinski definition) is 1. The van der Waals surface area contributed by atoms with Gasteiger partial charge in [0.1, 0.15) is 17.6 Å². The van der Waals surface area contributed by atoms with Crippen LogP contribution in [0.25, 0.3) is 11.1 Å². The van der Waals surface area contributed by atoms with E-state index in [0.29, 0.717) is 11.3 Å². The van der Waals surface area contributed by atoms with Gasteiger partial charge in [-0.1, -0.05) is 12.1 Å². The summed E-state index contributed by atoms with van der Waals surface area (Å²) in [6, 6.07) is 8.78. The maximum Gasteiger partial charge on any atom is 0.387 e. The van der Waals surface area contributed by atoms with Gasteiger partial charge < -0.3 is 20.6 Å². The van der Waals surface area contributed by atoms with Crippen LogP contribution in [0.4, 0.5) is 11.5 Å². The maximum atomic E-state index is 10.8. The van der Waals surface area contributed by atoms with Crippen molar-refractivity contribution in [2.24, 2.45) is 0 Å². The fourth-order valence-electron chi connectivity index (χ4n) is 1.65. The number of pyridine rings is 1. The van der Waals surface area contributed by atoms with Crippen LogP contribution in [-0.2, 0) is 0 Å². The lowest BCUT2D eigenvalue weighted by Gasteiger charge is -2.07. The molecule has 0 aliphatic heterocycles. The van der Waals surface area contributed by atoms with Crippen LogP contribution < -0.4 is 10.5 Å². The first kappa shape index (κ1) is 11.8. The number of anilines is 1. The van der Waals surface area contributed by atoms with Crippen LogP contribution in [0.2, 0.25) is 0 Å². The minimum atomic E-state index is -0.598. The van der Waals surface area contributed by atoms with E-state index in [4.69, 9.17) is 10.5 Å². The van der Waals surface area contributed by atoms with Gasteiger partial charge in [-0.05, 0) is 33.7 Å². The molecule has 1 aromatic carbocycles. The summed E-state index contributed by atoms with van der Waals surface area (Å²) < 4.78 is 5.10. The van der Waals surface area contributed by atoms with E-state index >= 15 is 0 Å². The first-order valence-corrected chi connectivity index (χ1v) is 5.16. The van der Waals surface area contributed by atoms with Crippen LogP contribution in [0.5, 0.6) is 5.75 Å². The van der Waals surface area contributed by atoms with Gasteiger partial charge in [-0.25, -0.2) is 0 Å². The van der Waals surface area contributed by atoms with Crippen LogP contribution in [0.15, 0.2) is 36.5 Å². The molecule has 0 saturated carbocycles. The zero-order chi connectivity index (χ0) is 13.1. The Labute approximate surface area is 103 Å². The standard InChI is InChI=1S/C12H11N3O3/c1-18-9-4-2-3-8(7-9)10-5-6-14-12(11(10)13)15(16)17/h2-7H,13H2,1H3. The first-order chi connectivity index (χ1) is 8.63. The lowest BCUT2D eigenvalue weighted by molar-refractivity contribution is -0.388. The molecule has 0 aliphatic rings. The molecule has 0 radical (unpaired) electrons. The lowest BCUT2D eigenvalue weighted by atomic mass is 10.0. The fraction of sp³-hybridized carbons (Fsp3) is 0.0833. The monoisotopic (exact) mass is 245 g/mol. The molecule has 0 bridgehead atoms. The third-order valence-electron chi connectivity index (χ3n) is 2.52. The van der Waals surface area contributed by atoms with Gasteiger partial charge >= 0.3 is 5.82 Å². The van der Waals surface area contributed by atoms with Gasteiger partial charge in [-0.2, -0.15) is 0 Å². The van der Waals surface area contributed by atoms with Crippen LogP contribution >= 0.6 is 0 Å². The zero-order valence-corrected chi connectivity index (χ0v) is 9.66. The SMILES string of the molecule is COc1cccc(-c2ccnc([N+](=O)[O-])c2N)c1. The molecule has 18 heavy (non-hydrogen) atoms. The van der Waals surface area contributed by atoms with E-state index in [-0.39, 0.29) is 11.5 Å². The molecule has 0 spiro atoms. The minimum Gasteiger partial charge on any atom is -0.497 e. The number of aromatic nitrogens is 1. The van der Waals surface area contributed by atoms with Crippen LogP contribution in [0.1, 0.15) is 0 Å². The van der Waals surface area contributed by atoms with Gasteiger partial charge in [-0.15, -0.1) is 0 Å². The number of rotatable bonds is 3. The molecule has 0 unspecified atom stereocenters. The van der Waals surface area contributed by atoms with Gasteiger partial charge in [0.15, 0.2) is 0 Å². The molecule has 1 heterocycles. The maximum absolute atomic E-state index is 10.8. The van der Waals surface area contributed by atoms with Crippen molar-refractivity contribution in [3.8, 4) is 16.9 Å². The summed E-state index contributed by atoms with van der Waals surface area (Å²) >= 11 is 0. The second kappa shape index (κ2) is 4.70. The molecule has 0 aliphatic carbocycles. The van der Waals surface area contributed by atoms with Crippen molar-refractivity contribution < 1.29 is 9.66 Å². The van der Waals surface area contributed by atoms with E-state index in [1.807, 2.05) is 0 Å². The molecule has 92 valence electrons. The Hall–Kier alpha value is -2.63. The lowest BCUT2D eigenvalue weighted by Crippen LogP contribution is -2.00.